The van der Waals surface area contributed by atoms with E-state index in [2.05, 4.69) is 34.3 Å². The van der Waals surface area contributed by atoms with Gasteiger partial charge in [0.25, 0.3) is 0 Å². The molecule has 0 unspecified atom stereocenters. The molecule has 0 saturated heterocycles. The summed E-state index contributed by atoms with van der Waals surface area (Å²) >= 11 is 1.44. The highest BCUT2D eigenvalue weighted by Crippen LogP contribution is 2.29. The van der Waals surface area contributed by atoms with E-state index in [1.54, 1.807) is 0 Å². The first-order valence-corrected chi connectivity index (χ1v) is 9.86. The summed E-state index contributed by atoms with van der Waals surface area (Å²) in [5.74, 6) is 2.37. The van der Waals surface area contributed by atoms with Crippen molar-refractivity contribution in [2.45, 2.75) is 44.3 Å². The zero-order chi connectivity index (χ0) is 17.4. The lowest BCUT2D eigenvalue weighted by atomic mass is 9.78. The van der Waals surface area contributed by atoms with Gasteiger partial charge in [-0.15, -0.1) is 5.10 Å². The average Bonchev–Trinajstić information content (AvgIpc) is 3.16. The Morgan fingerprint density at radius 1 is 1.36 bits per heavy atom. The predicted octanol–water partition coefficient (Wildman–Crippen LogP) is 3.24. The number of hydrogen-bond acceptors (Lipinski definition) is 4. The number of para-hydroxylation sites is 2. The van der Waals surface area contributed by atoms with Crippen molar-refractivity contribution in [3.8, 4) is 0 Å². The average molecular weight is 357 g/mol. The molecule has 0 aliphatic heterocycles. The maximum absolute atomic E-state index is 12.4. The Hall–Kier alpha value is -2.02. The molecular formula is C18H23N5OS. The first kappa shape index (κ1) is 16.4. The second kappa shape index (κ2) is 6.71. The number of benzene rings is 1. The van der Waals surface area contributed by atoms with Gasteiger partial charge in [-0.1, -0.05) is 50.6 Å². The van der Waals surface area contributed by atoms with Crippen molar-refractivity contribution in [2.24, 2.45) is 11.8 Å². The maximum Gasteiger partial charge on any atom is 0.231 e. The molecule has 2 aromatic heterocycles. The molecule has 0 bridgehead atoms. The summed E-state index contributed by atoms with van der Waals surface area (Å²) in [5, 5.41) is 11.2. The second-order valence-corrected chi connectivity index (χ2v) is 7.94. The number of imidazole rings is 1. The topological polar surface area (TPSA) is 75.1 Å². The quantitative estimate of drug-likeness (QED) is 0.703. The van der Waals surface area contributed by atoms with Crippen LogP contribution in [-0.2, 0) is 4.79 Å². The third-order valence-electron chi connectivity index (χ3n) is 5.39. The zero-order valence-corrected chi connectivity index (χ0v) is 15.3. The minimum atomic E-state index is 0.0801. The van der Waals surface area contributed by atoms with E-state index in [0.717, 1.165) is 22.6 Å². The van der Waals surface area contributed by atoms with Gasteiger partial charge in [0.05, 0.1) is 16.8 Å². The number of carbonyl (C=O) groups excluding carboxylic acids is 1. The summed E-state index contributed by atoms with van der Waals surface area (Å²) in [5.41, 5.74) is 1.93. The van der Waals surface area contributed by atoms with Crippen LogP contribution < -0.4 is 5.32 Å². The van der Waals surface area contributed by atoms with Crippen molar-refractivity contribution in [1.82, 2.24) is 24.9 Å². The van der Waals surface area contributed by atoms with Crippen LogP contribution in [0.15, 0.2) is 29.4 Å². The molecule has 2 N–H and O–H groups in total. The molecule has 25 heavy (non-hydrogen) atoms. The number of carbonyl (C=O) groups is 1. The molecule has 0 spiro atoms. The number of aromatic amines is 1. The fraction of sp³-hybridized carbons (Fsp3) is 0.500. The Balaban J connectivity index is 1.44. The first-order chi connectivity index (χ1) is 12.1. The molecule has 3 aromatic rings. The summed E-state index contributed by atoms with van der Waals surface area (Å²) in [7, 11) is 0. The smallest absolute Gasteiger partial charge is 0.231 e. The molecule has 4 rings (SSSR count). The molecule has 1 aromatic carbocycles. The van der Waals surface area contributed by atoms with Crippen LogP contribution in [-0.4, -0.2) is 37.3 Å². The molecule has 1 aliphatic carbocycles. The SMILES string of the molecule is C[C@@H]1[C@H](C)CCC[C@H]1NC(=O)CSc1n[nH]c2nc3ccccc3n12. The van der Waals surface area contributed by atoms with Gasteiger partial charge in [0.15, 0.2) is 5.16 Å². The molecule has 132 valence electrons. The summed E-state index contributed by atoms with van der Waals surface area (Å²) in [4.78, 5) is 16.9. The van der Waals surface area contributed by atoms with Gasteiger partial charge in [-0.05, 0) is 30.4 Å². The van der Waals surface area contributed by atoms with Crippen molar-refractivity contribution in [3.05, 3.63) is 24.3 Å². The second-order valence-electron chi connectivity index (χ2n) is 7.00. The van der Waals surface area contributed by atoms with E-state index in [9.17, 15) is 4.79 Å². The van der Waals surface area contributed by atoms with Gasteiger partial charge in [0, 0.05) is 6.04 Å². The summed E-state index contributed by atoms with van der Waals surface area (Å²) in [6.45, 7) is 4.53. The highest BCUT2D eigenvalue weighted by molar-refractivity contribution is 7.99. The molecule has 1 amide bonds. The normalized spacial score (nSPS) is 24.0. The zero-order valence-electron chi connectivity index (χ0n) is 14.5. The fourth-order valence-electron chi connectivity index (χ4n) is 3.70. The van der Waals surface area contributed by atoms with E-state index >= 15 is 0 Å². The van der Waals surface area contributed by atoms with Gasteiger partial charge >= 0.3 is 0 Å². The van der Waals surface area contributed by atoms with Gasteiger partial charge in [0.1, 0.15) is 0 Å². The number of hydrogen-bond donors (Lipinski definition) is 2. The highest BCUT2D eigenvalue weighted by Gasteiger charge is 2.28. The van der Waals surface area contributed by atoms with Crippen LogP contribution in [0.3, 0.4) is 0 Å². The molecule has 1 fully saturated rings. The number of fused-ring (bicyclic) bond motifs is 3. The van der Waals surface area contributed by atoms with Crippen molar-refractivity contribution in [2.75, 3.05) is 5.75 Å². The van der Waals surface area contributed by atoms with E-state index < -0.39 is 0 Å². The molecule has 1 aliphatic rings. The van der Waals surface area contributed by atoms with E-state index in [1.807, 2.05) is 28.7 Å². The van der Waals surface area contributed by atoms with Gasteiger partial charge in [-0.2, -0.15) is 0 Å². The fourth-order valence-corrected chi connectivity index (χ4v) is 4.47. The van der Waals surface area contributed by atoms with E-state index in [4.69, 9.17) is 0 Å². The Kier molecular flexibility index (Phi) is 4.41. The third kappa shape index (κ3) is 3.13. The summed E-state index contributed by atoms with van der Waals surface area (Å²) in [6.07, 6.45) is 3.55. The predicted molar refractivity (Wildman–Crippen MR) is 99.7 cm³/mol. The number of rotatable bonds is 4. The molecule has 6 nitrogen and oxygen atoms in total. The van der Waals surface area contributed by atoms with Crippen molar-refractivity contribution >= 4 is 34.5 Å². The number of H-pyrrole nitrogens is 1. The molecule has 7 heteroatoms. The Labute approximate surface area is 150 Å². The molecular weight excluding hydrogens is 334 g/mol. The lowest BCUT2D eigenvalue weighted by Gasteiger charge is -2.34. The number of aromatic nitrogens is 4. The molecule has 3 atom stereocenters. The number of thioether (sulfide) groups is 1. The monoisotopic (exact) mass is 357 g/mol. The lowest BCUT2D eigenvalue weighted by molar-refractivity contribution is -0.120. The van der Waals surface area contributed by atoms with Crippen LogP contribution in [0.2, 0.25) is 0 Å². The summed E-state index contributed by atoms with van der Waals surface area (Å²) < 4.78 is 1.97. The minimum absolute atomic E-state index is 0.0801. The van der Waals surface area contributed by atoms with Gasteiger partial charge in [0.2, 0.25) is 11.7 Å². The highest BCUT2D eigenvalue weighted by atomic mass is 32.2. The van der Waals surface area contributed by atoms with Crippen molar-refractivity contribution in [1.29, 1.82) is 0 Å². The van der Waals surface area contributed by atoms with Crippen molar-refractivity contribution in [3.63, 3.8) is 0 Å². The maximum atomic E-state index is 12.4. The number of amides is 1. The molecule has 0 radical (unpaired) electrons. The number of nitrogens with zero attached hydrogens (tertiary/aromatic N) is 3. The van der Waals surface area contributed by atoms with Crippen molar-refractivity contribution < 1.29 is 4.79 Å². The lowest BCUT2D eigenvalue weighted by Crippen LogP contribution is -2.44. The summed E-state index contributed by atoms with van der Waals surface area (Å²) in [6, 6.07) is 8.23. The van der Waals surface area contributed by atoms with E-state index in [1.165, 1.54) is 24.6 Å². The minimum Gasteiger partial charge on any atom is -0.352 e. The standard InChI is InChI=1S/C18H23N5OS/c1-11-6-5-8-13(12(11)2)19-16(24)10-25-18-22-21-17-20-14-7-3-4-9-15(14)23(17)18/h3-4,7,9,11-13H,5-6,8,10H2,1-2H3,(H,19,24)(H,20,21)/t11-,12-,13-/m1/s1. The Morgan fingerprint density at radius 3 is 3.08 bits per heavy atom. The van der Waals surface area contributed by atoms with Crippen LogP contribution >= 0.6 is 11.8 Å². The van der Waals surface area contributed by atoms with E-state index in [0.29, 0.717) is 29.4 Å². The van der Waals surface area contributed by atoms with Gasteiger partial charge in [-0.25, -0.2) is 10.1 Å². The first-order valence-electron chi connectivity index (χ1n) is 8.87. The number of nitrogens with one attached hydrogen (secondary N) is 2. The molecule has 2 heterocycles. The van der Waals surface area contributed by atoms with Gasteiger partial charge in [-0.3, -0.25) is 9.20 Å². The van der Waals surface area contributed by atoms with Crippen LogP contribution in [0.25, 0.3) is 16.8 Å². The largest absolute Gasteiger partial charge is 0.352 e. The van der Waals surface area contributed by atoms with Crippen LogP contribution in [0.5, 0.6) is 0 Å². The van der Waals surface area contributed by atoms with Crippen LogP contribution in [0.4, 0.5) is 0 Å². The van der Waals surface area contributed by atoms with E-state index in [-0.39, 0.29) is 5.91 Å². The Morgan fingerprint density at radius 2 is 2.20 bits per heavy atom. The third-order valence-corrected chi connectivity index (χ3v) is 6.33. The molecule has 1 saturated carbocycles. The Bertz CT molecular complexity index is 901. The van der Waals surface area contributed by atoms with Crippen LogP contribution in [0, 0.1) is 11.8 Å². The van der Waals surface area contributed by atoms with Crippen LogP contribution in [0.1, 0.15) is 33.1 Å². The van der Waals surface area contributed by atoms with Gasteiger partial charge < -0.3 is 5.32 Å².